The zero-order chi connectivity index (χ0) is 14.8. The zero-order valence-corrected chi connectivity index (χ0v) is 12.7. The number of likely N-dealkylation sites (tertiary alicyclic amines) is 1. The fourth-order valence-corrected chi connectivity index (χ4v) is 3.90. The van der Waals surface area contributed by atoms with E-state index in [1.165, 1.54) is 18.4 Å². The number of nitrogens with one attached hydrogen (secondary N) is 2. The monoisotopic (exact) mass is 309 g/mol. The first-order valence-corrected chi connectivity index (χ1v) is 7.94. The van der Waals surface area contributed by atoms with Crippen LogP contribution < -0.4 is 10.6 Å². The van der Waals surface area contributed by atoms with Gasteiger partial charge < -0.3 is 15.4 Å². The molecule has 0 spiro atoms. The van der Waals surface area contributed by atoms with E-state index >= 15 is 0 Å². The van der Waals surface area contributed by atoms with Crippen LogP contribution in [0.3, 0.4) is 0 Å². The summed E-state index contributed by atoms with van der Waals surface area (Å²) in [7, 11) is 1.34. The van der Waals surface area contributed by atoms with E-state index < -0.39 is 5.97 Å². The van der Waals surface area contributed by atoms with Crippen LogP contribution in [-0.4, -0.2) is 56.6 Å². The van der Waals surface area contributed by atoms with Gasteiger partial charge in [0, 0.05) is 13.1 Å². The number of esters is 1. The number of hydrogen-bond donors (Lipinski definition) is 2. The Morgan fingerprint density at radius 1 is 1.43 bits per heavy atom. The van der Waals surface area contributed by atoms with E-state index in [1.54, 1.807) is 11.4 Å². The second kappa shape index (κ2) is 6.13. The summed E-state index contributed by atoms with van der Waals surface area (Å²) in [6.07, 6.45) is 0. The van der Waals surface area contributed by atoms with Gasteiger partial charge in [0.1, 0.15) is 4.88 Å². The highest BCUT2D eigenvalue weighted by atomic mass is 32.1. The summed E-state index contributed by atoms with van der Waals surface area (Å²) in [6.45, 7) is 4.43. The average Bonchev–Trinajstić information content (AvgIpc) is 3.13. The zero-order valence-electron chi connectivity index (χ0n) is 11.9. The van der Waals surface area contributed by atoms with Gasteiger partial charge in [-0.15, -0.1) is 11.3 Å². The predicted molar refractivity (Wildman–Crippen MR) is 80.6 cm³/mol. The van der Waals surface area contributed by atoms with Crippen molar-refractivity contribution in [3.63, 3.8) is 0 Å². The first-order valence-electron chi connectivity index (χ1n) is 7.06. The Balaban J connectivity index is 1.55. The summed E-state index contributed by atoms with van der Waals surface area (Å²) in [5.41, 5.74) is 0.540. The molecular weight excluding hydrogens is 290 g/mol. The summed E-state index contributed by atoms with van der Waals surface area (Å²) in [4.78, 5) is 26.3. The lowest BCUT2D eigenvalue weighted by Gasteiger charge is -2.16. The number of anilines is 1. The van der Waals surface area contributed by atoms with Crippen molar-refractivity contribution >= 4 is 28.9 Å². The Bertz CT molecular complexity index is 533. The summed E-state index contributed by atoms with van der Waals surface area (Å²) >= 11 is 1.27. The Morgan fingerprint density at radius 2 is 2.14 bits per heavy atom. The van der Waals surface area contributed by atoms with E-state index in [2.05, 4.69) is 15.5 Å². The van der Waals surface area contributed by atoms with Gasteiger partial charge in [-0.2, -0.15) is 0 Å². The van der Waals surface area contributed by atoms with Crippen LogP contribution in [0, 0.1) is 11.8 Å². The van der Waals surface area contributed by atoms with Crippen LogP contribution in [0.25, 0.3) is 0 Å². The molecule has 1 aromatic heterocycles. The number of methoxy groups -OCH3 is 1. The first kappa shape index (κ1) is 14.5. The maximum absolute atomic E-state index is 12.1. The van der Waals surface area contributed by atoms with Crippen LogP contribution in [0.2, 0.25) is 0 Å². The molecule has 3 heterocycles. The quantitative estimate of drug-likeness (QED) is 0.798. The van der Waals surface area contributed by atoms with E-state index in [0.717, 1.165) is 26.2 Å². The fraction of sp³-hybridized carbons (Fsp3) is 0.571. The third kappa shape index (κ3) is 3.09. The topological polar surface area (TPSA) is 70.7 Å². The van der Waals surface area contributed by atoms with Crippen molar-refractivity contribution in [1.82, 2.24) is 10.2 Å². The van der Waals surface area contributed by atoms with Crippen molar-refractivity contribution in [2.45, 2.75) is 0 Å². The Kier molecular flexibility index (Phi) is 4.23. The first-order chi connectivity index (χ1) is 10.2. The lowest BCUT2D eigenvalue weighted by atomic mass is 10.0. The Labute approximate surface area is 127 Å². The largest absolute Gasteiger partial charge is 0.465 e. The number of hydrogen-bond acceptors (Lipinski definition) is 6. The molecule has 0 aliphatic carbocycles. The number of carbonyl (C=O) groups is 2. The van der Waals surface area contributed by atoms with E-state index in [4.69, 9.17) is 4.74 Å². The van der Waals surface area contributed by atoms with Gasteiger partial charge in [0.2, 0.25) is 5.91 Å². The Morgan fingerprint density at radius 3 is 2.81 bits per heavy atom. The molecule has 2 fully saturated rings. The lowest BCUT2D eigenvalue weighted by molar-refractivity contribution is -0.117. The van der Waals surface area contributed by atoms with E-state index in [-0.39, 0.29) is 5.91 Å². The molecule has 2 atom stereocenters. The SMILES string of the molecule is COC(=O)c1sccc1NC(=O)CN1CC2CNCC2C1. The van der Waals surface area contributed by atoms with Crippen LogP contribution in [-0.2, 0) is 9.53 Å². The minimum Gasteiger partial charge on any atom is -0.465 e. The number of fused-ring (bicyclic) bond motifs is 1. The van der Waals surface area contributed by atoms with E-state index in [9.17, 15) is 9.59 Å². The highest BCUT2D eigenvalue weighted by Gasteiger charge is 2.36. The van der Waals surface area contributed by atoms with Crippen molar-refractivity contribution in [2.24, 2.45) is 11.8 Å². The Hall–Kier alpha value is -1.44. The smallest absolute Gasteiger partial charge is 0.350 e. The van der Waals surface area contributed by atoms with Crippen LogP contribution in [0.1, 0.15) is 9.67 Å². The summed E-state index contributed by atoms with van der Waals surface area (Å²) in [6, 6.07) is 1.73. The third-order valence-corrected chi connectivity index (χ3v) is 5.04. The molecule has 1 amide bonds. The lowest BCUT2D eigenvalue weighted by Crippen LogP contribution is -2.33. The molecular formula is C14H19N3O3S. The maximum atomic E-state index is 12.1. The van der Waals surface area contributed by atoms with Gasteiger partial charge in [0.15, 0.2) is 0 Å². The van der Waals surface area contributed by atoms with Gasteiger partial charge >= 0.3 is 5.97 Å². The standard InChI is InChI=1S/C14H19N3O3S/c1-20-14(19)13-11(2-3-21-13)16-12(18)8-17-6-9-4-15-5-10(9)7-17/h2-3,9-10,15H,4-8H2,1H3,(H,16,18). The fourth-order valence-electron chi connectivity index (χ4n) is 3.13. The van der Waals surface area contributed by atoms with Crippen molar-refractivity contribution in [3.05, 3.63) is 16.3 Å². The van der Waals surface area contributed by atoms with Gasteiger partial charge in [-0.1, -0.05) is 0 Å². The molecule has 0 aromatic carbocycles. The molecule has 0 saturated carbocycles. The number of nitrogens with zero attached hydrogens (tertiary/aromatic N) is 1. The van der Waals surface area contributed by atoms with Crippen LogP contribution in [0.15, 0.2) is 11.4 Å². The van der Waals surface area contributed by atoms with Gasteiger partial charge in [0.05, 0.1) is 19.3 Å². The van der Waals surface area contributed by atoms with Crippen molar-refractivity contribution in [2.75, 3.05) is 45.2 Å². The summed E-state index contributed by atoms with van der Waals surface area (Å²) in [5, 5.41) is 7.97. The number of thiophene rings is 1. The predicted octanol–water partition coefficient (Wildman–Crippen LogP) is 0.624. The highest BCUT2D eigenvalue weighted by Crippen LogP contribution is 2.26. The van der Waals surface area contributed by atoms with Gasteiger partial charge in [-0.05, 0) is 36.4 Å². The molecule has 0 bridgehead atoms. The highest BCUT2D eigenvalue weighted by molar-refractivity contribution is 7.12. The minimum atomic E-state index is -0.415. The van der Waals surface area contributed by atoms with Crippen LogP contribution in [0.4, 0.5) is 5.69 Å². The molecule has 7 heteroatoms. The molecule has 2 aliphatic heterocycles. The number of amides is 1. The number of ether oxygens (including phenoxy) is 1. The van der Waals surface area contributed by atoms with Crippen molar-refractivity contribution < 1.29 is 14.3 Å². The molecule has 1 aromatic rings. The molecule has 6 nitrogen and oxygen atoms in total. The van der Waals surface area contributed by atoms with Gasteiger partial charge in [-0.25, -0.2) is 4.79 Å². The third-order valence-electron chi connectivity index (χ3n) is 4.14. The molecule has 2 aliphatic rings. The van der Waals surface area contributed by atoms with E-state index in [0.29, 0.717) is 28.9 Å². The van der Waals surface area contributed by atoms with Crippen LogP contribution >= 0.6 is 11.3 Å². The number of rotatable bonds is 4. The van der Waals surface area contributed by atoms with Crippen LogP contribution in [0.5, 0.6) is 0 Å². The normalized spacial score (nSPS) is 24.8. The number of carbonyl (C=O) groups excluding carboxylic acids is 2. The molecule has 114 valence electrons. The molecule has 2 saturated heterocycles. The molecule has 2 N–H and O–H groups in total. The second-order valence-electron chi connectivity index (χ2n) is 5.58. The second-order valence-corrected chi connectivity index (χ2v) is 6.49. The van der Waals surface area contributed by atoms with Crippen molar-refractivity contribution in [1.29, 1.82) is 0 Å². The molecule has 0 radical (unpaired) electrons. The summed E-state index contributed by atoms with van der Waals surface area (Å²) < 4.78 is 4.70. The van der Waals surface area contributed by atoms with Gasteiger partial charge in [-0.3, -0.25) is 9.69 Å². The van der Waals surface area contributed by atoms with E-state index in [1.807, 2.05) is 0 Å². The maximum Gasteiger partial charge on any atom is 0.350 e. The molecule has 3 rings (SSSR count). The van der Waals surface area contributed by atoms with Gasteiger partial charge in [0.25, 0.3) is 0 Å². The molecule has 2 unspecified atom stereocenters. The average molecular weight is 309 g/mol. The summed E-state index contributed by atoms with van der Waals surface area (Å²) in [5.74, 6) is 0.850. The van der Waals surface area contributed by atoms with Crippen molar-refractivity contribution in [3.8, 4) is 0 Å². The molecule has 21 heavy (non-hydrogen) atoms. The minimum absolute atomic E-state index is 0.0773.